The van der Waals surface area contributed by atoms with Crippen molar-refractivity contribution in [3.63, 3.8) is 0 Å². The van der Waals surface area contributed by atoms with Gasteiger partial charge in [0.1, 0.15) is 11.0 Å². The summed E-state index contributed by atoms with van der Waals surface area (Å²) < 4.78 is 0. The molecule has 1 aromatic rings. The van der Waals surface area contributed by atoms with E-state index in [9.17, 15) is 9.59 Å². The van der Waals surface area contributed by atoms with Crippen molar-refractivity contribution in [1.82, 2.24) is 20.5 Å². The van der Waals surface area contributed by atoms with Crippen molar-refractivity contribution < 1.29 is 9.59 Å². The van der Waals surface area contributed by atoms with Crippen LogP contribution < -0.4 is 10.6 Å². The second kappa shape index (κ2) is 6.89. The minimum atomic E-state index is -0.402. The standard InChI is InChI=1S/C14H22N4O2S/c1-4-10-7-16-11(21-10)8-17-14(20)18-6-5-15-13(19)12(18)9(2)3/h7,9,12H,4-6,8H2,1-3H3,(H,15,19)(H,17,20)/t12-/m0/s1. The molecule has 116 valence electrons. The fourth-order valence-corrected chi connectivity index (χ4v) is 3.22. The third-order valence-corrected chi connectivity index (χ3v) is 4.63. The highest BCUT2D eigenvalue weighted by molar-refractivity contribution is 7.11. The number of nitrogens with one attached hydrogen (secondary N) is 2. The van der Waals surface area contributed by atoms with Crippen molar-refractivity contribution in [3.8, 4) is 0 Å². The van der Waals surface area contributed by atoms with Crippen molar-refractivity contribution in [3.05, 3.63) is 16.1 Å². The molecule has 0 aromatic carbocycles. The zero-order chi connectivity index (χ0) is 15.4. The SMILES string of the molecule is CCc1cnc(CNC(=O)N2CCNC(=O)[C@@H]2C(C)C)s1. The molecule has 0 spiro atoms. The molecule has 1 aromatic heterocycles. The summed E-state index contributed by atoms with van der Waals surface area (Å²) in [6.07, 6.45) is 2.80. The summed E-state index contributed by atoms with van der Waals surface area (Å²) >= 11 is 1.61. The van der Waals surface area contributed by atoms with E-state index in [0.29, 0.717) is 19.6 Å². The van der Waals surface area contributed by atoms with Gasteiger partial charge in [-0.2, -0.15) is 0 Å². The van der Waals surface area contributed by atoms with Gasteiger partial charge in [0.15, 0.2) is 0 Å². The maximum atomic E-state index is 12.3. The van der Waals surface area contributed by atoms with Gasteiger partial charge in [-0.05, 0) is 12.3 Å². The Labute approximate surface area is 128 Å². The van der Waals surface area contributed by atoms with Crippen LogP contribution in [0.4, 0.5) is 4.79 Å². The summed E-state index contributed by atoms with van der Waals surface area (Å²) in [5.74, 6) is 0.0107. The lowest BCUT2D eigenvalue weighted by atomic mass is 10.00. The number of hydrogen-bond donors (Lipinski definition) is 2. The molecule has 1 aliphatic heterocycles. The number of piperazine rings is 1. The van der Waals surface area contributed by atoms with Crippen molar-refractivity contribution in [2.75, 3.05) is 13.1 Å². The predicted molar refractivity (Wildman–Crippen MR) is 82.1 cm³/mol. The number of amides is 3. The van der Waals surface area contributed by atoms with Gasteiger partial charge in [0.25, 0.3) is 0 Å². The van der Waals surface area contributed by atoms with Crippen LogP contribution in [0.25, 0.3) is 0 Å². The van der Waals surface area contributed by atoms with Crippen LogP contribution in [0, 0.1) is 5.92 Å². The molecule has 1 aliphatic rings. The van der Waals surface area contributed by atoms with E-state index in [1.807, 2.05) is 20.0 Å². The molecule has 1 atom stereocenters. The van der Waals surface area contributed by atoms with E-state index in [2.05, 4.69) is 22.5 Å². The maximum Gasteiger partial charge on any atom is 0.318 e. The smallest absolute Gasteiger partial charge is 0.318 e. The molecule has 0 unspecified atom stereocenters. The molecule has 1 fully saturated rings. The molecule has 0 bridgehead atoms. The van der Waals surface area contributed by atoms with Crippen LogP contribution in [0.5, 0.6) is 0 Å². The molecule has 6 nitrogen and oxygen atoms in total. The molecule has 0 radical (unpaired) electrons. The molecular formula is C14H22N4O2S. The monoisotopic (exact) mass is 310 g/mol. The first kappa shape index (κ1) is 15.8. The Hall–Kier alpha value is -1.63. The topological polar surface area (TPSA) is 74.3 Å². The van der Waals surface area contributed by atoms with Gasteiger partial charge < -0.3 is 15.5 Å². The number of carbonyl (C=O) groups excluding carboxylic acids is 2. The van der Waals surface area contributed by atoms with E-state index in [4.69, 9.17) is 0 Å². The molecule has 0 saturated carbocycles. The van der Waals surface area contributed by atoms with Gasteiger partial charge >= 0.3 is 6.03 Å². The average Bonchev–Trinajstić information content (AvgIpc) is 2.92. The Morgan fingerprint density at radius 1 is 1.62 bits per heavy atom. The molecule has 2 N–H and O–H groups in total. The summed E-state index contributed by atoms with van der Waals surface area (Å²) in [5, 5.41) is 6.57. The molecule has 1 saturated heterocycles. The number of urea groups is 1. The van der Waals surface area contributed by atoms with Gasteiger partial charge in [0.05, 0.1) is 6.54 Å². The van der Waals surface area contributed by atoms with Crippen LogP contribution in [0.15, 0.2) is 6.20 Å². The second-order valence-corrected chi connectivity index (χ2v) is 6.61. The van der Waals surface area contributed by atoms with Crippen molar-refractivity contribution in [2.24, 2.45) is 5.92 Å². The summed E-state index contributed by atoms with van der Waals surface area (Å²) in [6.45, 7) is 7.43. The van der Waals surface area contributed by atoms with Crippen LogP contribution in [-0.4, -0.2) is 41.0 Å². The summed E-state index contributed by atoms with van der Waals surface area (Å²) in [6, 6.07) is -0.599. The zero-order valence-electron chi connectivity index (χ0n) is 12.7. The Kier molecular flexibility index (Phi) is 5.17. The highest BCUT2D eigenvalue weighted by Crippen LogP contribution is 2.16. The number of nitrogens with zero attached hydrogens (tertiary/aromatic N) is 2. The normalized spacial score (nSPS) is 18.8. The zero-order valence-corrected chi connectivity index (χ0v) is 13.5. The van der Waals surface area contributed by atoms with Crippen LogP contribution in [-0.2, 0) is 17.8 Å². The lowest BCUT2D eigenvalue weighted by Gasteiger charge is -2.37. The van der Waals surface area contributed by atoms with Crippen molar-refractivity contribution in [1.29, 1.82) is 0 Å². The molecule has 2 rings (SSSR count). The number of aryl methyl sites for hydroxylation is 1. The lowest BCUT2D eigenvalue weighted by Crippen LogP contribution is -2.61. The summed E-state index contributed by atoms with van der Waals surface area (Å²) in [5.41, 5.74) is 0. The van der Waals surface area contributed by atoms with Crippen LogP contribution in [0.3, 0.4) is 0 Å². The average molecular weight is 310 g/mol. The van der Waals surface area contributed by atoms with Gasteiger partial charge in [-0.25, -0.2) is 9.78 Å². The first-order valence-corrected chi connectivity index (χ1v) is 8.10. The first-order valence-electron chi connectivity index (χ1n) is 7.28. The third-order valence-electron chi connectivity index (χ3n) is 3.49. The maximum absolute atomic E-state index is 12.3. The van der Waals surface area contributed by atoms with E-state index in [1.54, 1.807) is 16.2 Å². The predicted octanol–water partition coefficient (Wildman–Crippen LogP) is 1.37. The Morgan fingerprint density at radius 3 is 3.00 bits per heavy atom. The minimum Gasteiger partial charge on any atom is -0.353 e. The Morgan fingerprint density at radius 2 is 2.38 bits per heavy atom. The number of aromatic nitrogens is 1. The largest absolute Gasteiger partial charge is 0.353 e. The lowest BCUT2D eigenvalue weighted by molar-refractivity contribution is -0.129. The van der Waals surface area contributed by atoms with Gasteiger partial charge in [0, 0.05) is 24.2 Å². The van der Waals surface area contributed by atoms with E-state index in [1.165, 1.54) is 4.88 Å². The fraction of sp³-hybridized carbons (Fsp3) is 0.643. The molecule has 2 heterocycles. The highest BCUT2D eigenvalue weighted by Gasteiger charge is 2.35. The van der Waals surface area contributed by atoms with E-state index < -0.39 is 6.04 Å². The van der Waals surface area contributed by atoms with E-state index >= 15 is 0 Å². The molecule has 3 amide bonds. The summed E-state index contributed by atoms with van der Waals surface area (Å²) in [7, 11) is 0. The molecule has 21 heavy (non-hydrogen) atoms. The first-order chi connectivity index (χ1) is 10.0. The van der Waals surface area contributed by atoms with Gasteiger partial charge in [-0.1, -0.05) is 20.8 Å². The van der Waals surface area contributed by atoms with Crippen LogP contribution in [0.1, 0.15) is 30.7 Å². The van der Waals surface area contributed by atoms with Crippen LogP contribution >= 0.6 is 11.3 Å². The molecular weight excluding hydrogens is 288 g/mol. The van der Waals surface area contributed by atoms with Crippen molar-refractivity contribution in [2.45, 2.75) is 39.8 Å². The van der Waals surface area contributed by atoms with Gasteiger partial charge in [-0.3, -0.25) is 4.79 Å². The van der Waals surface area contributed by atoms with Gasteiger partial charge in [0.2, 0.25) is 5.91 Å². The second-order valence-electron chi connectivity index (χ2n) is 5.41. The van der Waals surface area contributed by atoms with E-state index in [-0.39, 0.29) is 17.9 Å². The molecule has 0 aliphatic carbocycles. The minimum absolute atomic E-state index is 0.0751. The number of hydrogen-bond acceptors (Lipinski definition) is 4. The van der Waals surface area contributed by atoms with Gasteiger partial charge in [-0.15, -0.1) is 11.3 Å². The highest BCUT2D eigenvalue weighted by atomic mass is 32.1. The molecule has 7 heteroatoms. The summed E-state index contributed by atoms with van der Waals surface area (Å²) in [4.78, 5) is 31.4. The fourth-order valence-electron chi connectivity index (χ4n) is 2.42. The number of thiazole rings is 1. The number of rotatable bonds is 4. The third kappa shape index (κ3) is 3.72. The van der Waals surface area contributed by atoms with Crippen molar-refractivity contribution >= 4 is 23.3 Å². The van der Waals surface area contributed by atoms with E-state index in [0.717, 1.165) is 11.4 Å². The quantitative estimate of drug-likeness (QED) is 0.882. The Bertz CT molecular complexity index is 515. The number of carbonyl (C=O) groups is 2. The Balaban J connectivity index is 1.96. The van der Waals surface area contributed by atoms with Crippen LogP contribution in [0.2, 0.25) is 0 Å².